The summed E-state index contributed by atoms with van der Waals surface area (Å²) in [7, 11) is 1.65. The zero-order valence-corrected chi connectivity index (χ0v) is 14.4. The van der Waals surface area contributed by atoms with Gasteiger partial charge in [0, 0.05) is 13.6 Å². The van der Waals surface area contributed by atoms with Gasteiger partial charge in [0.1, 0.15) is 0 Å². The Morgan fingerprint density at radius 2 is 2.00 bits per heavy atom. The summed E-state index contributed by atoms with van der Waals surface area (Å²) in [6.07, 6.45) is 1.39. The van der Waals surface area contributed by atoms with Crippen LogP contribution in [-0.2, 0) is 14.4 Å². The molecule has 136 valence electrons. The van der Waals surface area contributed by atoms with Crippen LogP contribution in [0, 0.1) is 5.92 Å². The number of carbonyl (C=O) groups excluding carboxylic acids is 2. The van der Waals surface area contributed by atoms with Crippen LogP contribution in [0.5, 0.6) is 0 Å². The highest BCUT2D eigenvalue weighted by Gasteiger charge is 2.32. The molecule has 3 N–H and O–H groups in total. The summed E-state index contributed by atoms with van der Waals surface area (Å²) in [4.78, 5) is 38.7. The normalized spacial score (nSPS) is 19.2. The molecule has 25 heavy (non-hydrogen) atoms. The number of hydrogen-bond donors (Lipinski definition) is 2. The first-order valence-electron chi connectivity index (χ1n) is 8.42. The molecule has 1 aliphatic rings. The molecule has 2 atom stereocenters. The number of carbonyl (C=O) groups is 3. The minimum absolute atomic E-state index is 0.0933. The van der Waals surface area contributed by atoms with Crippen LogP contribution in [0.15, 0.2) is 30.3 Å². The van der Waals surface area contributed by atoms with Crippen molar-refractivity contribution in [1.29, 1.82) is 0 Å². The lowest BCUT2D eigenvalue weighted by Crippen LogP contribution is -2.47. The van der Waals surface area contributed by atoms with Crippen LogP contribution in [0.1, 0.15) is 30.9 Å². The molecule has 1 saturated heterocycles. The van der Waals surface area contributed by atoms with Gasteiger partial charge in [-0.25, -0.2) is 0 Å². The van der Waals surface area contributed by atoms with Crippen LogP contribution >= 0.6 is 0 Å². The highest BCUT2D eigenvalue weighted by molar-refractivity contribution is 5.81. The lowest BCUT2D eigenvalue weighted by Gasteiger charge is -2.36. The van der Waals surface area contributed by atoms with Crippen molar-refractivity contribution in [3.63, 3.8) is 0 Å². The van der Waals surface area contributed by atoms with Gasteiger partial charge >= 0.3 is 5.97 Å². The SMILES string of the molecule is CN(C(=O)C1CCCN(CC(N)=O)C1)C(CC(=O)O)c1ccccc1. The molecule has 2 rings (SSSR count). The van der Waals surface area contributed by atoms with E-state index < -0.39 is 17.9 Å². The van der Waals surface area contributed by atoms with Crippen molar-refractivity contribution in [3.8, 4) is 0 Å². The summed E-state index contributed by atoms with van der Waals surface area (Å²) in [5.74, 6) is -1.70. The maximum absolute atomic E-state index is 12.9. The summed E-state index contributed by atoms with van der Waals surface area (Å²) in [6, 6.07) is 8.66. The Labute approximate surface area is 147 Å². The predicted molar refractivity (Wildman–Crippen MR) is 92.6 cm³/mol. The highest BCUT2D eigenvalue weighted by Crippen LogP contribution is 2.27. The number of amides is 2. The number of carboxylic acid groups (broad SMARTS) is 1. The molecule has 0 radical (unpaired) electrons. The fourth-order valence-corrected chi connectivity index (χ4v) is 3.38. The molecule has 0 aliphatic carbocycles. The molecule has 7 nitrogen and oxygen atoms in total. The number of likely N-dealkylation sites (tertiary alicyclic amines) is 1. The van der Waals surface area contributed by atoms with E-state index in [0.29, 0.717) is 6.54 Å². The highest BCUT2D eigenvalue weighted by atomic mass is 16.4. The van der Waals surface area contributed by atoms with Gasteiger partial charge in [-0.3, -0.25) is 19.3 Å². The fourth-order valence-electron chi connectivity index (χ4n) is 3.38. The van der Waals surface area contributed by atoms with E-state index in [4.69, 9.17) is 5.73 Å². The lowest BCUT2D eigenvalue weighted by molar-refractivity contribution is -0.143. The largest absolute Gasteiger partial charge is 0.481 e. The first-order chi connectivity index (χ1) is 11.9. The van der Waals surface area contributed by atoms with Crippen molar-refractivity contribution in [2.45, 2.75) is 25.3 Å². The van der Waals surface area contributed by atoms with Gasteiger partial charge in [0.2, 0.25) is 11.8 Å². The summed E-state index contributed by atoms with van der Waals surface area (Å²) in [6.45, 7) is 1.36. The number of aliphatic carboxylic acids is 1. The maximum atomic E-state index is 12.9. The van der Waals surface area contributed by atoms with Crippen LogP contribution < -0.4 is 5.73 Å². The van der Waals surface area contributed by atoms with Crippen molar-refractivity contribution in [1.82, 2.24) is 9.80 Å². The second-order valence-corrected chi connectivity index (χ2v) is 6.51. The minimum atomic E-state index is -0.951. The molecule has 0 aromatic heterocycles. The van der Waals surface area contributed by atoms with Crippen molar-refractivity contribution in [2.75, 3.05) is 26.7 Å². The van der Waals surface area contributed by atoms with E-state index in [1.54, 1.807) is 7.05 Å². The Balaban J connectivity index is 2.12. The lowest BCUT2D eigenvalue weighted by atomic mass is 9.94. The zero-order valence-electron chi connectivity index (χ0n) is 14.4. The maximum Gasteiger partial charge on any atom is 0.305 e. The van der Waals surface area contributed by atoms with Crippen LogP contribution in [-0.4, -0.2) is 59.4 Å². The molecule has 1 fully saturated rings. The van der Waals surface area contributed by atoms with E-state index in [1.807, 2.05) is 35.2 Å². The monoisotopic (exact) mass is 347 g/mol. The van der Waals surface area contributed by atoms with E-state index in [1.165, 1.54) is 4.90 Å². The van der Waals surface area contributed by atoms with Crippen LogP contribution in [0.3, 0.4) is 0 Å². The van der Waals surface area contributed by atoms with E-state index in [9.17, 15) is 19.5 Å². The third-order valence-electron chi connectivity index (χ3n) is 4.60. The number of carboxylic acids is 1. The van der Waals surface area contributed by atoms with Gasteiger partial charge < -0.3 is 15.7 Å². The molecule has 1 aromatic carbocycles. The average Bonchev–Trinajstić information content (AvgIpc) is 2.58. The molecule has 0 spiro atoms. The molecule has 2 amide bonds. The molecule has 1 aromatic rings. The second kappa shape index (κ2) is 8.62. The minimum Gasteiger partial charge on any atom is -0.481 e. The zero-order chi connectivity index (χ0) is 18.4. The van der Waals surface area contributed by atoms with Crippen molar-refractivity contribution >= 4 is 17.8 Å². The average molecular weight is 347 g/mol. The molecule has 7 heteroatoms. The summed E-state index contributed by atoms with van der Waals surface area (Å²) >= 11 is 0. The van der Waals surface area contributed by atoms with Gasteiger partial charge in [0.05, 0.1) is 24.9 Å². The second-order valence-electron chi connectivity index (χ2n) is 6.51. The van der Waals surface area contributed by atoms with Gasteiger partial charge in [-0.05, 0) is 24.9 Å². The topological polar surface area (TPSA) is 104 Å². The first kappa shape index (κ1) is 18.9. The Morgan fingerprint density at radius 1 is 1.32 bits per heavy atom. The Morgan fingerprint density at radius 3 is 2.60 bits per heavy atom. The van der Waals surface area contributed by atoms with Gasteiger partial charge in [0.15, 0.2) is 0 Å². The Hall–Kier alpha value is -2.41. The molecule has 0 saturated carbocycles. The van der Waals surface area contributed by atoms with Gasteiger partial charge in [-0.2, -0.15) is 0 Å². The van der Waals surface area contributed by atoms with Crippen molar-refractivity contribution in [3.05, 3.63) is 35.9 Å². The van der Waals surface area contributed by atoms with Gasteiger partial charge in [-0.15, -0.1) is 0 Å². The number of rotatable bonds is 7. The summed E-state index contributed by atoms with van der Waals surface area (Å²) in [5.41, 5.74) is 6.04. The van der Waals surface area contributed by atoms with E-state index >= 15 is 0 Å². The van der Waals surface area contributed by atoms with Crippen LogP contribution in [0.25, 0.3) is 0 Å². The van der Waals surface area contributed by atoms with Gasteiger partial charge in [-0.1, -0.05) is 30.3 Å². The fraction of sp³-hybridized carbons (Fsp3) is 0.500. The Bertz CT molecular complexity index is 620. The molecule has 1 aliphatic heterocycles. The smallest absolute Gasteiger partial charge is 0.305 e. The molecule has 0 bridgehead atoms. The molecule has 2 unspecified atom stereocenters. The predicted octanol–water partition coefficient (Wildman–Crippen LogP) is 0.858. The molecular weight excluding hydrogens is 322 g/mol. The standard InChI is InChI=1S/C18H25N3O4/c1-20(15(10-17(23)24)13-6-3-2-4-7-13)18(25)14-8-5-9-21(11-14)12-16(19)22/h2-4,6-7,14-15H,5,8-12H2,1H3,(H2,19,22)(H,23,24). The van der Waals surface area contributed by atoms with Crippen molar-refractivity contribution < 1.29 is 19.5 Å². The molecular formula is C18H25N3O4. The van der Waals surface area contributed by atoms with E-state index in [2.05, 4.69) is 0 Å². The van der Waals surface area contributed by atoms with E-state index in [-0.39, 0.29) is 24.8 Å². The number of nitrogens with two attached hydrogens (primary N) is 1. The Kier molecular flexibility index (Phi) is 6.52. The van der Waals surface area contributed by atoms with Crippen LogP contribution in [0.4, 0.5) is 0 Å². The number of hydrogen-bond acceptors (Lipinski definition) is 4. The summed E-state index contributed by atoms with van der Waals surface area (Å²) in [5, 5.41) is 9.23. The number of benzene rings is 1. The van der Waals surface area contributed by atoms with Crippen LogP contribution in [0.2, 0.25) is 0 Å². The van der Waals surface area contributed by atoms with Crippen molar-refractivity contribution in [2.24, 2.45) is 11.7 Å². The van der Waals surface area contributed by atoms with E-state index in [0.717, 1.165) is 24.9 Å². The van der Waals surface area contributed by atoms with Gasteiger partial charge in [0.25, 0.3) is 0 Å². The third kappa shape index (κ3) is 5.29. The third-order valence-corrected chi connectivity index (χ3v) is 4.60. The number of primary amides is 1. The number of nitrogens with zero attached hydrogens (tertiary/aromatic N) is 2. The number of piperidine rings is 1. The quantitative estimate of drug-likeness (QED) is 0.761. The molecule has 1 heterocycles. The summed E-state index contributed by atoms with van der Waals surface area (Å²) < 4.78 is 0. The first-order valence-corrected chi connectivity index (χ1v) is 8.42.